The monoisotopic (exact) mass is 287 g/mol. The van der Waals surface area contributed by atoms with Crippen LogP contribution in [0.2, 0.25) is 0 Å². The van der Waals surface area contributed by atoms with Crippen LogP contribution >= 0.6 is 0 Å². The second-order valence-corrected chi connectivity index (χ2v) is 4.88. The lowest BCUT2D eigenvalue weighted by Crippen LogP contribution is -2.48. The summed E-state index contributed by atoms with van der Waals surface area (Å²) in [7, 11) is 0. The third kappa shape index (κ3) is 4.76. The van der Waals surface area contributed by atoms with Crippen molar-refractivity contribution in [3.8, 4) is 0 Å². The molecule has 0 radical (unpaired) electrons. The summed E-state index contributed by atoms with van der Waals surface area (Å²) in [6.45, 7) is 1.93. The van der Waals surface area contributed by atoms with Gasteiger partial charge in [0.05, 0.1) is 0 Å². The highest BCUT2D eigenvalue weighted by Crippen LogP contribution is 2.18. The summed E-state index contributed by atoms with van der Waals surface area (Å²) in [6, 6.07) is 7.68. The van der Waals surface area contributed by atoms with Crippen LogP contribution in [0.4, 0.5) is 0 Å². The zero-order valence-corrected chi connectivity index (χ0v) is 11.7. The molecule has 6 heteroatoms. The van der Waals surface area contributed by atoms with Crippen LogP contribution in [0.1, 0.15) is 24.0 Å². The molecule has 110 valence electrons. The van der Waals surface area contributed by atoms with Gasteiger partial charge >= 0.3 is 11.8 Å². The Labute approximate surface area is 122 Å². The van der Waals surface area contributed by atoms with Gasteiger partial charge in [-0.2, -0.15) is 0 Å². The van der Waals surface area contributed by atoms with E-state index in [2.05, 4.69) is 16.2 Å². The Morgan fingerprint density at radius 3 is 2.48 bits per heavy atom. The van der Waals surface area contributed by atoms with Gasteiger partial charge in [-0.3, -0.25) is 25.2 Å². The number of nitrogens with one attached hydrogen (secondary N) is 3. The Balaban J connectivity index is 1.77. The van der Waals surface area contributed by atoms with E-state index in [1.807, 2.05) is 31.2 Å². The molecule has 0 aromatic heterocycles. The number of carbonyl (C=O) groups excluding carboxylic acids is 3. The lowest BCUT2D eigenvalue weighted by molar-refractivity contribution is -0.140. The van der Waals surface area contributed by atoms with Gasteiger partial charge in [0, 0.05) is 12.1 Å². The Kier molecular flexibility index (Phi) is 4.71. The van der Waals surface area contributed by atoms with Crippen LogP contribution in [0.15, 0.2) is 30.3 Å². The molecule has 1 saturated carbocycles. The van der Waals surface area contributed by atoms with Crippen molar-refractivity contribution in [3.05, 3.63) is 41.5 Å². The minimum atomic E-state index is -0.875. The summed E-state index contributed by atoms with van der Waals surface area (Å²) in [5.41, 5.74) is 6.17. The fourth-order valence-electron chi connectivity index (χ4n) is 1.63. The SMILES string of the molecule is Cc1ccccc1/C=C/C(=O)NNC(=O)C(=O)NC1CC1. The number of aryl methyl sites for hydroxylation is 1. The Morgan fingerprint density at radius 2 is 1.81 bits per heavy atom. The minimum Gasteiger partial charge on any atom is -0.345 e. The molecule has 0 spiro atoms. The maximum Gasteiger partial charge on any atom is 0.327 e. The molecular weight excluding hydrogens is 270 g/mol. The molecule has 0 saturated heterocycles. The second kappa shape index (κ2) is 6.69. The average Bonchev–Trinajstić information content (AvgIpc) is 3.27. The predicted molar refractivity (Wildman–Crippen MR) is 77.7 cm³/mol. The Morgan fingerprint density at radius 1 is 1.10 bits per heavy atom. The van der Waals surface area contributed by atoms with E-state index in [9.17, 15) is 14.4 Å². The lowest BCUT2D eigenvalue weighted by atomic mass is 10.1. The normalized spacial score (nSPS) is 13.8. The van der Waals surface area contributed by atoms with Gasteiger partial charge in [-0.1, -0.05) is 24.3 Å². The van der Waals surface area contributed by atoms with Gasteiger partial charge < -0.3 is 5.32 Å². The van der Waals surface area contributed by atoms with E-state index in [-0.39, 0.29) is 6.04 Å². The zero-order valence-electron chi connectivity index (χ0n) is 11.7. The summed E-state index contributed by atoms with van der Waals surface area (Å²) in [6.07, 6.45) is 4.72. The van der Waals surface area contributed by atoms with Crippen molar-refractivity contribution in [1.82, 2.24) is 16.2 Å². The Hall–Kier alpha value is -2.63. The van der Waals surface area contributed by atoms with Crippen molar-refractivity contribution in [1.29, 1.82) is 0 Å². The summed E-state index contributed by atoms with van der Waals surface area (Å²) in [5.74, 6) is -2.12. The van der Waals surface area contributed by atoms with Crippen molar-refractivity contribution < 1.29 is 14.4 Å². The average molecular weight is 287 g/mol. The van der Waals surface area contributed by atoms with Crippen LogP contribution in [0.3, 0.4) is 0 Å². The van der Waals surface area contributed by atoms with Crippen LogP contribution < -0.4 is 16.2 Å². The molecule has 0 aliphatic heterocycles. The summed E-state index contributed by atoms with van der Waals surface area (Å²) < 4.78 is 0. The summed E-state index contributed by atoms with van der Waals surface area (Å²) in [5, 5.41) is 2.52. The van der Waals surface area contributed by atoms with Crippen LogP contribution in [0, 0.1) is 6.92 Å². The number of rotatable bonds is 3. The van der Waals surface area contributed by atoms with E-state index in [1.54, 1.807) is 6.08 Å². The van der Waals surface area contributed by atoms with E-state index >= 15 is 0 Å². The zero-order chi connectivity index (χ0) is 15.2. The number of hydrazine groups is 1. The molecule has 0 bridgehead atoms. The number of hydrogen-bond acceptors (Lipinski definition) is 3. The molecule has 1 aliphatic carbocycles. The van der Waals surface area contributed by atoms with E-state index in [0.717, 1.165) is 24.0 Å². The standard InChI is InChI=1S/C15H17N3O3/c1-10-4-2-3-5-11(10)6-9-13(19)17-18-15(21)14(20)16-12-7-8-12/h2-6,9,12H,7-8H2,1H3,(H,16,20)(H,17,19)(H,18,21)/b9-6+. The molecule has 1 fully saturated rings. The Bertz CT molecular complexity index is 592. The third-order valence-corrected chi connectivity index (χ3v) is 3.02. The van der Waals surface area contributed by atoms with Crippen molar-refractivity contribution in [3.63, 3.8) is 0 Å². The van der Waals surface area contributed by atoms with Crippen molar-refractivity contribution in [2.24, 2.45) is 0 Å². The molecule has 3 amide bonds. The van der Waals surface area contributed by atoms with Crippen LogP contribution in [-0.4, -0.2) is 23.8 Å². The van der Waals surface area contributed by atoms with Crippen molar-refractivity contribution in [2.45, 2.75) is 25.8 Å². The minimum absolute atomic E-state index is 0.0971. The summed E-state index contributed by atoms with van der Waals surface area (Å²) in [4.78, 5) is 34.3. The van der Waals surface area contributed by atoms with Gasteiger partial charge in [-0.05, 0) is 37.0 Å². The highest BCUT2D eigenvalue weighted by molar-refractivity contribution is 6.35. The fraction of sp³-hybridized carbons (Fsp3) is 0.267. The molecule has 0 atom stereocenters. The maximum atomic E-state index is 11.5. The van der Waals surface area contributed by atoms with E-state index in [4.69, 9.17) is 0 Å². The van der Waals surface area contributed by atoms with Crippen LogP contribution in [0.5, 0.6) is 0 Å². The number of benzene rings is 1. The molecule has 3 N–H and O–H groups in total. The predicted octanol–water partition coefficient (Wildman–Crippen LogP) is 0.434. The second-order valence-electron chi connectivity index (χ2n) is 4.88. The van der Waals surface area contributed by atoms with E-state index < -0.39 is 17.7 Å². The van der Waals surface area contributed by atoms with Crippen molar-refractivity contribution >= 4 is 23.8 Å². The van der Waals surface area contributed by atoms with Crippen molar-refractivity contribution in [2.75, 3.05) is 0 Å². The number of amides is 3. The molecule has 1 aromatic rings. The molecule has 1 aliphatic rings. The molecular formula is C15H17N3O3. The quantitative estimate of drug-likeness (QED) is 0.428. The molecule has 0 unspecified atom stereocenters. The molecule has 2 rings (SSSR count). The first-order valence-electron chi connectivity index (χ1n) is 6.71. The largest absolute Gasteiger partial charge is 0.345 e. The van der Waals surface area contributed by atoms with Gasteiger partial charge in [0.1, 0.15) is 0 Å². The third-order valence-electron chi connectivity index (χ3n) is 3.02. The molecule has 6 nitrogen and oxygen atoms in total. The smallest absolute Gasteiger partial charge is 0.327 e. The van der Waals surface area contributed by atoms with Gasteiger partial charge in [-0.25, -0.2) is 0 Å². The van der Waals surface area contributed by atoms with Gasteiger partial charge in [0.15, 0.2) is 0 Å². The van der Waals surface area contributed by atoms with Gasteiger partial charge in [-0.15, -0.1) is 0 Å². The molecule has 21 heavy (non-hydrogen) atoms. The first-order chi connectivity index (χ1) is 10.1. The highest BCUT2D eigenvalue weighted by atomic mass is 16.2. The topological polar surface area (TPSA) is 87.3 Å². The first kappa shape index (κ1) is 14.8. The fourth-order valence-corrected chi connectivity index (χ4v) is 1.63. The highest BCUT2D eigenvalue weighted by Gasteiger charge is 2.26. The van der Waals surface area contributed by atoms with Crippen LogP contribution in [-0.2, 0) is 14.4 Å². The maximum absolute atomic E-state index is 11.5. The first-order valence-corrected chi connectivity index (χ1v) is 6.71. The molecule has 0 heterocycles. The van der Waals surface area contributed by atoms with E-state index in [0.29, 0.717) is 0 Å². The number of hydrogen-bond donors (Lipinski definition) is 3. The summed E-state index contributed by atoms with van der Waals surface area (Å²) >= 11 is 0. The molecule has 1 aromatic carbocycles. The van der Waals surface area contributed by atoms with E-state index in [1.165, 1.54) is 6.08 Å². The van der Waals surface area contributed by atoms with Gasteiger partial charge in [0.2, 0.25) is 0 Å². The lowest BCUT2D eigenvalue weighted by Gasteiger charge is -2.05. The van der Waals surface area contributed by atoms with Gasteiger partial charge in [0.25, 0.3) is 5.91 Å². The van der Waals surface area contributed by atoms with Crippen LogP contribution in [0.25, 0.3) is 6.08 Å². The number of carbonyl (C=O) groups is 3.